The van der Waals surface area contributed by atoms with Gasteiger partial charge < -0.3 is 4.74 Å². The number of hydrogen-bond acceptors (Lipinski definition) is 5. The maximum atomic E-state index is 11.6. The Morgan fingerprint density at radius 1 is 1.28 bits per heavy atom. The number of ether oxygens (including phenoxy) is 1. The molecular weight excluding hydrogens is 254 g/mol. The smallest absolute Gasteiger partial charge is 0.269 e. The summed E-state index contributed by atoms with van der Waals surface area (Å²) in [5, 5.41) is 12.3. The zero-order valence-corrected chi connectivity index (χ0v) is 10.1. The predicted octanol–water partition coefficient (Wildman–Crippen LogP) is 2.92. The fourth-order valence-electron chi connectivity index (χ4n) is 1.32. The zero-order chi connectivity index (χ0) is 13.0. The van der Waals surface area contributed by atoms with Gasteiger partial charge in [-0.2, -0.15) is 0 Å². The second-order valence-corrected chi connectivity index (χ2v) is 4.39. The summed E-state index contributed by atoms with van der Waals surface area (Å²) in [4.78, 5) is 22.2. The van der Waals surface area contributed by atoms with Crippen LogP contribution in [0.2, 0.25) is 0 Å². The molecule has 0 fully saturated rings. The van der Waals surface area contributed by atoms with Gasteiger partial charge in [-0.3, -0.25) is 14.9 Å². The van der Waals surface area contributed by atoms with Crippen molar-refractivity contribution >= 4 is 22.8 Å². The Balaban J connectivity index is 1.94. The van der Waals surface area contributed by atoms with Crippen molar-refractivity contribution in [3.8, 4) is 5.75 Å². The van der Waals surface area contributed by atoms with E-state index in [0.29, 0.717) is 10.6 Å². The van der Waals surface area contributed by atoms with E-state index in [4.69, 9.17) is 4.74 Å². The molecule has 0 aliphatic rings. The minimum atomic E-state index is -0.486. The Bertz CT molecular complexity index is 548. The number of nitrogens with zero attached hydrogens (tertiary/aromatic N) is 1. The van der Waals surface area contributed by atoms with E-state index in [1.54, 1.807) is 12.1 Å². The molecular formula is C12H9NO4S. The first kappa shape index (κ1) is 12.3. The normalized spacial score (nSPS) is 10.0. The van der Waals surface area contributed by atoms with Crippen molar-refractivity contribution in [1.29, 1.82) is 0 Å². The fourth-order valence-corrected chi connectivity index (χ4v) is 1.97. The van der Waals surface area contributed by atoms with Crippen molar-refractivity contribution in [2.24, 2.45) is 0 Å². The van der Waals surface area contributed by atoms with Crippen molar-refractivity contribution < 1.29 is 14.5 Å². The Hall–Kier alpha value is -2.21. The summed E-state index contributed by atoms with van der Waals surface area (Å²) in [5.74, 6) is 0.328. The highest BCUT2D eigenvalue weighted by Gasteiger charge is 2.09. The molecule has 0 saturated heterocycles. The number of ketones is 1. The molecule has 0 aliphatic carbocycles. The quantitative estimate of drug-likeness (QED) is 0.472. The molecule has 0 bridgehead atoms. The van der Waals surface area contributed by atoms with Gasteiger partial charge in [-0.15, -0.1) is 11.3 Å². The van der Waals surface area contributed by atoms with Crippen LogP contribution in [0.4, 0.5) is 5.69 Å². The lowest BCUT2D eigenvalue weighted by molar-refractivity contribution is -0.384. The van der Waals surface area contributed by atoms with E-state index in [9.17, 15) is 14.9 Å². The minimum absolute atomic E-state index is 0.00747. The van der Waals surface area contributed by atoms with Crippen LogP contribution < -0.4 is 4.74 Å². The predicted molar refractivity (Wildman–Crippen MR) is 67.2 cm³/mol. The Morgan fingerprint density at radius 3 is 2.56 bits per heavy atom. The number of benzene rings is 1. The van der Waals surface area contributed by atoms with Crippen LogP contribution in [0.1, 0.15) is 9.67 Å². The lowest BCUT2D eigenvalue weighted by Crippen LogP contribution is -2.09. The van der Waals surface area contributed by atoms with E-state index in [1.165, 1.54) is 35.6 Å². The Kier molecular flexibility index (Phi) is 3.69. The molecule has 0 saturated carbocycles. The summed E-state index contributed by atoms with van der Waals surface area (Å²) in [6.07, 6.45) is 0. The molecule has 92 valence electrons. The number of Topliss-reactive ketones (excluding diaryl/α,β-unsaturated/α-hetero) is 1. The number of rotatable bonds is 5. The molecule has 0 amide bonds. The first-order chi connectivity index (χ1) is 8.66. The van der Waals surface area contributed by atoms with Crippen LogP contribution in [-0.2, 0) is 0 Å². The number of hydrogen-bond donors (Lipinski definition) is 0. The molecule has 1 heterocycles. The van der Waals surface area contributed by atoms with Crippen LogP contribution in [0.25, 0.3) is 0 Å². The van der Waals surface area contributed by atoms with Gasteiger partial charge in [0.1, 0.15) is 5.75 Å². The average Bonchev–Trinajstić information content (AvgIpc) is 2.90. The molecule has 0 aliphatic heterocycles. The highest BCUT2D eigenvalue weighted by molar-refractivity contribution is 7.12. The molecule has 2 rings (SSSR count). The van der Waals surface area contributed by atoms with Gasteiger partial charge in [0.15, 0.2) is 6.61 Å². The molecule has 0 spiro atoms. The van der Waals surface area contributed by atoms with Gasteiger partial charge >= 0.3 is 0 Å². The van der Waals surface area contributed by atoms with Crippen LogP contribution in [0.15, 0.2) is 41.8 Å². The summed E-state index contributed by atoms with van der Waals surface area (Å²) < 4.78 is 5.26. The van der Waals surface area contributed by atoms with Crippen molar-refractivity contribution in [2.75, 3.05) is 6.61 Å². The maximum absolute atomic E-state index is 11.6. The van der Waals surface area contributed by atoms with E-state index in [1.807, 2.05) is 5.38 Å². The molecule has 1 aromatic heterocycles. The van der Waals surface area contributed by atoms with Gasteiger partial charge in [-0.25, -0.2) is 0 Å². The number of nitro groups is 1. The van der Waals surface area contributed by atoms with Crippen LogP contribution in [-0.4, -0.2) is 17.3 Å². The van der Waals surface area contributed by atoms with Crippen LogP contribution >= 0.6 is 11.3 Å². The molecule has 0 radical (unpaired) electrons. The summed E-state index contributed by atoms with van der Waals surface area (Å²) >= 11 is 1.35. The monoisotopic (exact) mass is 263 g/mol. The Labute approximate surface area is 107 Å². The van der Waals surface area contributed by atoms with Crippen LogP contribution in [0.3, 0.4) is 0 Å². The summed E-state index contributed by atoms with van der Waals surface area (Å²) in [5.41, 5.74) is -0.00747. The Morgan fingerprint density at radius 2 is 2.00 bits per heavy atom. The van der Waals surface area contributed by atoms with E-state index >= 15 is 0 Å². The van der Waals surface area contributed by atoms with Gasteiger partial charge in [-0.05, 0) is 23.6 Å². The lowest BCUT2D eigenvalue weighted by atomic mass is 10.3. The third-order valence-electron chi connectivity index (χ3n) is 2.21. The fraction of sp³-hybridized carbons (Fsp3) is 0.0833. The van der Waals surface area contributed by atoms with Crippen molar-refractivity contribution in [2.45, 2.75) is 0 Å². The van der Waals surface area contributed by atoms with Gasteiger partial charge in [0, 0.05) is 12.1 Å². The zero-order valence-electron chi connectivity index (χ0n) is 9.24. The summed E-state index contributed by atoms with van der Waals surface area (Å²) in [6.45, 7) is -0.0711. The van der Waals surface area contributed by atoms with E-state index in [-0.39, 0.29) is 18.1 Å². The SMILES string of the molecule is O=C(COc1ccc([N+](=O)[O-])cc1)c1cccs1. The van der Waals surface area contributed by atoms with Gasteiger partial charge in [0.25, 0.3) is 5.69 Å². The summed E-state index contributed by atoms with van der Waals surface area (Å²) in [6, 6.07) is 9.14. The highest BCUT2D eigenvalue weighted by Crippen LogP contribution is 2.18. The number of thiophene rings is 1. The molecule has 0 atom stereocenters. The third-order valence-corrected chi connectivity index (χ3v) is 3.12. The standard InChI is InChI=1S/C12H9NO4S/c14-11(12-2-1-7-18-12)8-17-10-5-3-9(4-6-10)13(15)16/h1-7H,8H2. The van der Waals surface area contributed by atoms with Crippen molar-refractivity contribution in [3.05, 3.63) is 56.8 Å². The molecule has 5 nitrogen and oxygen atoms in total. The lowest BCUT2D eigenvalue weighted by Gasteiger charge is -2.03. The van der Waals surface area contributed by atoms with E-state index in [2.05, 4.69) is 0 Å². The topological polar surface area (TPSA) is 69.4 Å². The summed E-state index contributed by atoms with van der Waals surface area (Å²) in [7, 11) is 0. The molecule has 1 aromatic carbocycles. The van der Waals surface area contributed by atoms with Gasteiger partial charge in [-0.1, -0.05) is 6.07 Å². The van der Waals surface area contributed by atoms with Crippen LogP contribution in [0, 0.1) is 10.1 Å². The maximum Gasteiger partial charge on any atom is 0.269 e. The average molecular weight is 263 g/mol. The van der Waals surface area contributed by atoms with E-state index in [0.717, 1.165) is 0 Å². The van der Waals surface area contributed by atoms with Crippen LogP contribution in [0.5, 0.6) is 5.75 Å². The van der Waals surface area contributed by atoms with Gasteiger partial charge in [0.2, 0.25) is 5.78 Å². The first-order valence-electron chi connectivity index (χ1n) is 5.11. The number of non-ortho nitro benzene ring substituents is 1. The number of carbonyl (C=O) groups is 1. The number of nitro benzene ring substituents is 1. The molecule has 18 heavy (non-hydrogen) atoms. The second-order valence-electron chi connectivity index (χ2n) is 3.44. The van der Waals surface area contributed by atoms with Crippen molar-refractivity contribution in [3.63, 3.8) is 0 Å². The first-order valence-corrected chi connectivity index (χ1v) is 5.99. The third kappa shape index (κ3) is 2.92. The largest absolute Gasteiger partial charge is 0.485 e. The number of carbonyl (C=O) groups excluding carboxylic acids is 1. The van der Waals surface area contributed by atoms with E-state index < -0.39 is 4.92 Å². The molecule has 2 aromatic rings. The minimum Gasteiger partial charge on any atom is -0.485 e. The second kappa shape index (κ2) is 5.42. The van der Waals surface area contributed by atoms with Gasteiger partial charge in [0.05, 0.1) is 9.80 Å². The molecule has 0 unspecified atom stereocenters. The molecule has 0 N–H and O–H groups in total. The van der Waals surface area contributed by atoms with Crippen molar-refractivity contribution in [1.82, 2.24) is 0 Å². The highest BCUT2D eigenvalue weighted by atomic mass is 32.1. The molecule has 6 heteroatoms.